The Hall–Kier alpha value is -2.23. The average Bonchev–Trinajstić information content (AvgIpc) is 2.82. The second-order valence-corrected chi connectivity index (χ2v) is 4.86. The Morgan fingerprint density at radius 2 is 1.89 bits per heavy atom. The van der Waals surface area contributed by atoms with Crippen molar-refractivity contribution in [3.8, 4) is 0 Å². The largest absolute Gasteiger partial charge is 0.312 e. The molecule has 1 atom stereocenters. The van der Waals surface area contributed by atoms with Gasteiger partial charge in [0.2, 0.25) is 5.91 Å². The minimum absolute atomic E-state index is 0.202. The van der Waals surface area contributed by atoms with E-state index in [9.17, 15) is 4.79 Å². The second kappa shape index (κ2) is 5.18. The summed E-state index contributed by atoms with van der Waals surface area (Å²) in [4.78, 5) is 22.0. The van der Waals surface area contributed by atoms with Gasteiger partial charge in [0.1, 0.15) is 6.33 Å². The van der Waals surface area contributed by atoms with Crippen molar-refractivity contribution in [2.45, 2.75) is 12.8 Å². The third kappa shape index (κ3) is 2.62. The zero-order valence-electron chi connectivity index (χ0n) is 10.6. The molecule has 0 aliphatic carbocycles. The van der Waals surface area contributed by atoms with Crippen LogP contribution in [0.2, 0.25) is 0 Å². The molecule has 1 aromatic carbocycles. The maximum atomic E-state index is 12.1. The van der Waals surface area contributed by atoms with E-state index < -0.39 is 0 Å². The Bertz CT molecular complexity index is 556. The molecule has 4 heteroatoms. The van der Waals surface area contributed by atoms with Gasteiger partial charge in [0.25, 0.3) is 0 Å². The number of amides is 1. The predicted octanol–water partition coefficient (Wildman–Crippen LogP) is 2.07. The fourth-order valence-electron chi connectivity index (χ4n) is 2.54. The first-order valence-electron chi connectivity index (χ1n) is 6.42. The first-order chi connectivity index (χ1) is 9.33. The van der Waals surface area contributed by atoms with Gasteiger partial charge in [0, 0.05) is 31.0 Å². The maximum Gasteiger partial charge on any atom is 0.227 e. The molecule has 1 aromatic heterocycles. The highest BCUT2D eigenvalue weighted by Gasteiger charge is 2.30. The molecule has 1 unspecified atom stereocenters. The molecule has 0 radical (unpaired) electrons. The molecule has 2 aromatic rings. The number of hydrogen-bond donors (Lipinski definition) is 0. The lowest BCUT2D eigenvalue weighted by Gasteiger charge is -2.16. The molecule has 0 N–H and O–H groups in total. The second-order valence-electron chi connectivity index (χ2n) is 4.86. The highest BCUT2D eigenvalue weighted by molar-refractivity contribution is 5.95. The normalized spacial score (nSPS) is 18.8. The average molecular weight is 253 g/mol. The number of para-hydroxylation sites is 1. The van der Waals surface area contributed by atoms with Crippen LogP contribution < -0.4 is 4.90 Å². The smallest absolute Gasteiger partial charge is 0.227 e. The van der Waals surface area contributed by atoms with E-state index in [1.807, 2.05) is 47.6 Å². The molecular formula is C15H15N3O. The van der Waals surface area contributed by atoms with Crippen LogP contribution in [0.3, 0.4) is 0 Å². The Morgan fingerprint density at radius 3 is 2.63 bits per heavy atom. The zero-order valence-corrected chi connectivity index (χ0v) is 10.6. The van der Waals surface area contributed by atoms with Gasteiger partial charge in [-0.2, -0.15) is 0 Å². The van der Waals surface area contributed by atoms with Crippen LogP contribution in [0.5, 0.6) is 0 Å². The molecule has 1 aliphatic rings. The van der Waals surface area contributed by atoms with Crippen molar-refractivity contribution >= 4 is 11.6 Å². The molecule has 96 valence electrons. The van der Waals surface area contributed by atoms with E-state index in [2.05, 4.69) is 9.97 Å². The third-order valence-corrected chi connectivity index (χ3v) is 3.41. The van der Waals surface area contributed by atoms with Crippen molar-refractivity contribution in [1.29, 1.82) is 0 Å². The van der Waals surface area contributed by atoms with Crippen LogP contribution in [0.1, 0.15) is 12.0 Å². The molecule has 3 rings (SSSR count). The van der Waals surface area contributed by atoms with Crippen LogP contribution in [0.15, 0.2) is 49.1 Å². The summed E-state index contributed by atoms with van der Waals surface area (Å²) < 4.78 is 0. The van der Waals surface area contributed by atoms with Gasteiger partial charge in [-0.1, -0.05) is 18.2 Å². The summed E-state index contributed by atoms with van der Waals surface area (Å²) >= 11 is 0. The Labute approximate surface area is 112 Å². The van der Waals surface area contributed by atoms with Crippen molar-refractivity contribution in [3.05, 3.63) is 54.6 Å². The summed E-state index contributed by atoms with van der Waals surface area (Å²) in [7, 11) is 0. The summed E-state index contributed by atoms with van der Waals surface area (Å²) in [5, 5.41) is 0. The first-order valence-corrected chi connectivity index (χ1v) is 6.42. The van der Waals surface area contributed by atoms with Gasteiger partial charge in [-0.3, -0.25) is 4.79 Å². The molecule has 0 saturated carbocycles. The van der Waals surface area contributed by atoms with E-state index in [-0.39, 0.29) is 5.91 Å². The number of nitrogens with zero attached hydrogens (tertiary/aromatic N) is 3. The number of carbonyl (C=O) groups excluding carboxylic acids is 1. The van der Waals surface area contributed by atoms with Crippen LogP contribution in [0.4, 0.5) is 5.69 Å². The van der Waals surface area contributed by atoms with Gasteiger partial charge >= 0.3 is 0 Å². The lowest BCUT2D eigenvalue weighted by atomic mass is 10.0. The van der Waals surface area contributed by atoms with Crippen LogP contribution >= 0.6 is 0 Å². The lowest BCUT2D eigenvalue weighted by molar-refractivity contribution is -0.117. The zero-order chi connectivity index (χ0) is 13.1. The van der Waals surface area contributed by atoms with Crippen LogP contribution in [0.25, 0.3) is 0 Å². The number of anilines is 1. The fourth-order valence-corrected chi connectivity index (χ4v) is 2.54. The van der Waals surface area contributed by atoms with Gasteiger partial charge in [0.05, 0.1) is 0 Å². The number of hydrogen-bond acceptors (Lipinski definition) is 3. The topological polar surface area (TPSA) is 46.1 Å². The quantitative estimate of drug-likeness (QED) is 0.841. The molecule has 2 heterocycles. The summed E-state index contributed by atoms with van der Waals surface area (Å²) in [6, 6.07) is 9.84. The molecule has 0 spiro atoms. The molecule has 19 heavy (non-hydrogen) atoms. The van der Waals surface area contributed by atoms with E-state index in [0.717, 1.165) is 24.2 Å². The summed E-state index contributed by atoms with van der Waals surface area (Å²) in [5.74, 6) is 0.548. The van der Waals surface area contributed by atoms with Crippen LogP contribution in [-0.4, -0.2) is 22.4 Å². The number of carbonyl (C=O) groups is 1. The predicted molar refractivity (Wildman–Crippen MR) is 72.6 cm³/mol. The molecule has 4 nitrogen and oxygen atoms in total. The van der Waals surface area contributed by atoms with Gasteiger partial charge in [0.15, 0.2) is 0 Å². The fraction of sp³-hybridized carbons (Fsp3) is 0.267. The van der Waals surface area contributed by atoms with E-state index in [1.165, 1.54) is 6.33 Å². The number of rotatable bonds is 3. The van der Waals surface area contributed by atoms with Gasteiger partial charge in [-0.25, -0.2) is 9.97 Å². The molecule has 1 saturated heterocycles. The Morgan fingerprint density at radius 1 is 1.16 bits per heavy atom. The van der Waals surface area contributed by atoms with Crippen molar-refractivity contribution in [3.63, 3.8) is 0 Å². The number of benzene rings is 1. The van der Waals surface area contributed by atoms with E-state index in [0.29, 0.717) is 12.3 Å². The summed E-state index contributed by atoms with van der Waals surface area (Å²) in [6.45, 7) is 0.776. The van der Waals surface area contributed by atoms with Crippen molar-refractivity contribution < 1.29 is 4.79 Å². The molecule has 0 bridgehead atoms. The van der Waals surface area contributed by atoms with Gasteiger partial charge < -0.3 is 4.90 Å². The highest BCUT2D eigenvalue weighted by atomic mass is 16.2. The first kappa shape index (κ1) is 11.8. The lowest BCUT2D eigenvalue weighted by Crippen LogP contribution is -2.24. The van der Waals surface area contributed by atoms with Gasteiger partial charge in [-0.05, 0) is 30.0 Å². The van der Waals surface area contributed by atoms with Crippen molar-refractivity contribution in [2.24, 2.45) is 5.92 Å². The third-order valence-electron chi connectivity index (χ3n) is 3.41. The highest BCUT2D eigenvalue weighted by Crippen LogP contribution is 2.26. The number of aromatic nitrogens is 2. The Kier molecular flexibility index (Phi) is 3.23. The molecule has 1 fully saturated rings. The SMILES string of the molecule is O=C1CC(Cc2cncnc2)CN1c1ccccc1. The van der Waals surface area contributed by atoms with Gasteiger partial charge in [-0.15, -0.1) is 0 Å². The maximum absolute atomic E-state index is 12.1. The van der Waals surface area contributed by atoms with E-state index in [1.54, 1.807) is 0 Å². The minimum Gasteiger partial charge on any atom is -0.312 e. The van der Waals surface area contributed by atoms with E-state index >= 15 is 0 Å². The molecular weight excluding hydrogens is 238 g/mol. The Balaban J connectivity index is 1.70. The van der Waals surface area contributed by atoms with E-state index in [4.69, 9.17) is 0 Å². The van der Waals surface area contributed by atoms with Crippen LogP contribution in [0, 0.1) is 5.92 Å². The molecule has 1 amide bonds. The standard InChI is InChI=1S/C15H15N3O/c19-15-7-12(6-13-8-16-11-17-9-13)10-18(15)14-4-2-1-3-5-14/h1-5,8-9,11-12H,6-7,10H2. The van der Waals surface area contributed by atoms with Crippen molar-refractivity contribution in [2.75, 3.05) is 11.4 Å². The minimum atomic E-state index is 0.202. The monoisotopic (exact) mass is 253 g/mol. The van der Waals surface area contributed by atoms with Crippen LogP contribution in [-0.2, 0) is 11.2 Å². The van der Waals surface area contributed by atoms with Crippen molar-refractivity contribution in [1.82, 2.24) is 9.97 Å². The molecule has 1 aliphatic heterocycles. The summed E-state index contributed by atoms with van der Waals surface area (Å²) in [5.41, 5.74) is 2.08. The summed E-state index contributed by atoms with van der Waals surface area (Å²) in [6.07, 6.45) is 6.63.